The molecule has 0 unspecified atom stereocenters. The molecule has 0 spiro atoms. The van der Waals surface area contributed by atoms with Crippen LogP contribution in [0.4, 0.5) is 4.79 Å². The number of amides is 3. The first kappa shape index (κ1) is 16.2. The number of hydrogen-bond acceptors (Lipinski definition) is 4. The van der Waals surface area contributed by atoms with E-state index in [1.165, 1.54) is 18.4 Å². The number of carboxylic acid groups (broad SMARTS) is 1. The molecule has 0 aromatic heterocycles. The first-order valence-electron chi connectivity index (χ1n) is 6.63. The molecule has 1 aliphatic carbocycles. The lowest BCUT2D eigenvalue weighted by molar-refractivity contribution is -0.143. The fraction of sp³-hybridized carbons (Fsp3) is 0.615. The standard InChI is InChI=1S/C13H20N2O5/c16-11(8-20-9-12(17)18)15-13(19)14-7-6-10-4-2-1-3-5-10/h4H,1-3,5-9H2,(H,17,18)(H2,14,15,16,19). The average Bonchev–Trinajstić information content (AvgIpc) is 2.39. The minimum Gasteiger partial charge on any atom is -0.480 e. The van der Waals surface area contributed by atoms with Gasteiger partial charge in [0.2, 0.25) is 0 Å². The van der Waals surface area contributed by atoms with Crippen LogP contribution in [0.1, 0.15) is 32.1 Å². The van der Waals surface area contributed by atoms with E-state index in [0.29, 0.717) is 6.54 Å². The van der Waals surface area contributed by atoms with Crippen molar-refractivity contribution < 1.29 is 24.2 Å². The predicted molar refractivity (Wildman–Crippen MR) is 71.2 cm³/mol. The van der Waals surface area contributed by atoms with Gasteiger partial charge in [0.1, 0.15) is 13.2 Å². The Bertz CT molecular complexity index is 392. The molecule has 0 aromatic rings. The molecule has 0 saturated carbocycles. The normalized spacial score (nSPS) is 14.3. The summed E-state index contributed by atoms with van der Waals surface area (Å²) in [6, 6.07) is -0.592. The van der Waals surface area contributed by atoms with E-state index in [9.17, 15) is 14.4 Å². The Kier molecular flexibility index (Phi) is 7.34. The zero-order chi connectivity index (χ0) is 14.8. The summed E-state index contributed by atoms with van der Waals surface area (Å²) >= 11 is 0. The number of rotatable bonds is 7. The smallest absolute Gasteiger partial charge is 0.329 e. The van der Waals surface area contributed by atoms with Gasteiger partial charge in [0.05, 0.1) is 0 Å². The van der Waals surface area contributed by atoms with Gasteiger partial charge < -0.3 is 15.2 Å². The number of imide groups is 1. The van der Waals surface area contributed by atoms with E-state index in [1.807, 2.05) is 0 Å². The van der Waals surface area contributed by atoms with Crippen molar-refractivity contribution in [1.29, 1.82) is 0 Å². The van der Waals surface area contributed by atoms with Crippen LogP contribution in [-0.4, -0.2) is 42.8 Å². The minimum atomic E-state index is -1.16. The Morgan fingerprint density at radius 3 is 2.70 bits per heavy atom. The fourth-order valence-corrected chi connectivity index (χ4v) is 1.91. The van der Waals surface area contributed by atoms with E-state index in [2.05, 4.69) is 21.4 Å². The fourth-order valence-electron chi connectivity index (χ4n) is 1.91. The Labute approximate surface area is 117 Å². The van der Waals surface area contributed by atoms with Gasteiger partial charge in [0, 0.05) is 6.54 Å². The second-order valence-electron chi connectivity index (χ2n) is 4.55. The van der Waals surface area contributed by atoms with Gasteiger partial charge in [-0.25, -0.2) is 9.59 Å². The quantitative estimate of drug-likeness (QED) is 0.600. The predicted octanol–water partition coefficient (Wildman–Crippen LogP) is 0.804. The lowest BCUT2D eigenvalue weighted by atomic mass is 9.97. The molecule has 0 radical (unpaired) electrons. The van der Waals surface area contributed by atoms with Gasteiger partial charge in [-0.05, 0) is 32.1 Å². The molecule has 0 heterocycles. The van der Waals surface area contributed by atoms with E-state index in [1.54, 1.807) is 0 Å². The van der Waals surface area contributed by atoms with Crippen LogP contribution >= 0.6 is 0 Å². The first-order chi connectivity index (χ1) is 9.58. The summed E-state index contributed by atoms with van der Waals surface area (Å²) in [6.45, 7) is -0.547. The number of hydrogen-bond donors (Lipinski definition) is 3. The Balaban J connectivity index is 2.08. The zero-order valence-electron chi connectivity index (χ0n) is 11.3. The molecule has 0 aliphatic heterocycles. The number of urea groups is 1. The van der Waals surface area contributed by atoms with Gasteiger partial charge in [0.15, 0.2) is 0 Å². The van der Waals surface area contributed by atoms with E-state index in [-0.39, 0.29) is 0 Å². The van der Waals surface area contributed by atoms with Crippen LogP contribution in [0.3, 0.4) is 0 Å². The summed E-state index contributed by atoms with van der Waals surface area (Å²) in [4.78, 5) is 32.7. The maximum Gasteiger partial charge on any atom is 0.329 e. The second-order valence-corrected chi connectivity index (χ2v) is 4.55. The summed E-state index contributed by atoms with van der Waals surface area (Å²) in [5.41, 5.74) is 1.34. The molecule has 0 fully saturated rings. The number of nitrogens with one attached hydrogen (secondary N) is 2. The summed E-state index contributed by atoms with van der Waals surface area (Å²) in [6.07, 6.45) is 7.58. The molecule has 3 N–H and O–H groups in total. The number of allylic oxidation sites excluding steroid dienone is 1. The maximum atomic E-state index is 11.4. The van der Waals surface area contributed by atoms with E-state index in [0.717, 1.165) is 19.3 Å². The first-order valence-corrected chi connectivity index (χ1v) is 6.63. The minimum absolute atomic E-state index is 0.453. The van der Waals surface area contributed by atoms with Crippen molar-refractivity contribution in [3.63, 3.8) is 0 Å². The van der Waals surface area contributed by atoms with E-state index in [4.69, 9.17) is 5.11 Å². The van der Waals surface area contributed by atoms with Crippen molar-refractivity contribution in [1.82, 2.24) is 10.6 Å². The Hall–Kier alpha value is -1.89. The highest BCUT2D eigenvalue weighted by Gasteiger charge is 2.09. The molecule has 20 heavy (non-hydrogen) atoms. The molecule has 7 nitrogen and oxygen atoms in total. The molecule has 112 valence electrons. The molecule has 1 aliphatic rings. The van der Waals surface area contributed by atoms with Gasteiger partial charge in [-0.2, -0.15) is 0 Å². The topological polar surface area (TPSA) is 105 Å². The maximum absolute atomic E-state index is 11.4. The third-order valence-corrected chi connectivity index (χ3v) is 2.83. The van der Waals surface area contributed by atoms with Crippen LogP contribution in [0.2, 0.25) is 0 Å². The second kappa shape index (κ2) is 9.08. The number of carboxylic acids is 1. The summed E-state index contributed by atoms with van der Waals surface area (Å²) in [5.74, 6) is -1.83. The monoisotopic (exact) mass is 284 g/mol. The molecule has 7 heteroatoms. The summed E-state index contributed by atoms with van der Waals surface area (Å²) in [5, 5.41) is 12.9. The number of carbonyl (C=O) groups excluding carboxylic acids is 2. The molecule has 3 amide bonds. The van der Waals surface area contributed by atoms with Crippen molar-refractivity contribution in [3.8, 4) is 0 Å². The van der Waals surface area contributed by atoms with Gasteiger partial charge in [-0.3, -0.25) is 10.1 Å². The number of ether oxygens (including phenoxy) is 1. The molecular formula is C13H20N2O5. The van der Waals surface area contributed by atoms with Crippen molar-refractivity contribution in [2.24, 2.45) is 0 Å². The molecule has 0 atom stereocenters. The Morgan fingerprint density at radius 2 is 2.05 bits per heavy atom. The third-order valence-electron chi connectivity index (χ3n) is 2.83. The van der Waals surface area contributed by atoms with Crippen molar-refractivity contribution in [3.05, 3.63) is 11.6 Å². The van der Waals surface area contributed by atoms with Crippen molar-refractivity contribution in [2.45, 2.75) is 32.1 Å². The average molecular weight is 284 g/mol. The Morgan fingerprint density at radius 1 is 1.25 bits per heavy atom. The third kappa shape index (κ3) is 7.52. The van der Waals surface area contributed by atoms with Gasteiger partial charge in [-0.15, -0.1) is 0 Å². The van der Waals surface area contributed by atoms with Gasteiger partial charge >= 0.3 is 12.0 Å². The van der Waals surface area contributed by atoms with Crippen LogP contribution < -0.4 is 10.6 Å². The zero-order valence-corrected chi connectivity index (χ0v) is 11.3. The van der Waals surface area contributed by atoms with Crippen LogP contribution in [0.5, 0.6) is 0 Å². The van der Waals surface area contributed by atoms with Crippen LogP contribution in [0.15, 0.2) is 11.6 Å². The van der Waals surface area contributed by atoms with Crippen molar-refractivity contribution in [2.75, 3.05) is 19.8 Å². The molecular weight excluding hydrogens is 264 g/mol. The molecule has 0 bridgehead atoms. The summed E-state index contributed by atoms with van der Waals surface area (Å²) in [7, 11) is 0. The van der Waals surface area contributed by atoms with Crippen LogP contribution in [-0.2, 0) is 14.3 Å². The lowest BCUT2D eigenvalue weighted by Gasteiger charge is -2.13. The number of carbonyl (C=O) groups is 3. The van der Waals surface area contributed by atoms with Crippen molar-refractivity contribution >= 4 is 17.9 Å². The largest absolute Gasteiger partial charge is 0.480 e. The number of aliphatic carboxylic acids is 1. The van der Waals surface area contributed by atoms with E-state index < -0.39 is 31.1 Å². The van der Waals surface area contributed by atoms with E-state index >= 15 is 0 Å². The van der Waals surface area contributed by atoms with Gasteiger partial charge in [-0.1, -0.05) is 11.6 Å². The van der Waals surface area contributed by atoms with Gasteiger partial charge in [0.25, 0.3) is 5.91 Å². The molecule has 0 saturated heterocycles. The highest BCUT2D eigenvalue weighted by Crippen LogP contribution is 2.19. The van der Waals surface area contributed by atoms with Crippen LogP contribution in [0, 0.1) is 0 Å². The lowest BCUT2D eigenvalue weighted by Crippen LogP contribution is -2.41. The molecule has 1 rings (SSSR count). The molecule has 0 aromatic carbocycles. The SMILES string of the molecule is O=C(O)COCC(=O)NC(=O)NCCC1=CCCCC1. The van der Waals surface area contributed by atoms with Crippen LogP contribution in [0.25, 0.3) is 0 Å². The summed E-state index contributed by atoms with van der Waals surface area (Å²) < 4.78 is 4.56. The highest BCUT2D eigenvalue weighted by atomic mass is 16.5. The highest BCUT2D eigenvalue weighted by molar-refractivity contribution is 5.94.